The molecule has 2 aromatic heterocycles. The van der Waals surface area contributed by atoms with E-state index in [4.69, 9.17) is 4.55 Å². The second-order valence-corrected chi connectivity index (χ2v) is 6.04. The third kappa shape index (κ3) is 3.72. The van der Waals surface area contributed by atoms with Crippen molar-refractivity contribution in [3.05, 3.63) is 46.3 Å². The molecule has 3 rings (SSSR count). The second-order valence-electron chi connectivity index (χ2n) is 5.33. The standard InChI is InChI=1S/C14H13N7O6S/c1-20-14(24)21-6-15-11(12(21)17-19-20)13(23)16-9-4-2-3-8(5-27-7-22)10(9)18-28(25)26/h2-4,6-7,18H,5H2,1H3,(H,16,23)(H,25,26). The van der Waals surface area contributed by atoms with Gasteiger partial charge in [-0.1, -0.05) is 17.3 Å². The van der Waals surface area contributed by atoms with Gasteiger partial charge in [-0.3, -0.25) is 18.9 Å². The van der Waals surface area contributed by atoms with Crippen LogP contribution in [-0.2, 0) is 34.5 Å². The van der Waals surface area contributed by atoms with Crippen LogP contribution in [0.25, 0.3) is 5.65 Å². The highest BCUT2D eigenvalue weighted by atomic mass is 32.2. The van der Waals surface area contributed by atoms with Crippen LogP contribution in [0.3, 0.4) is 0 Å². The summed E-state index contributed by atoms with van der Waals surface area (Å²) in [5, 5.41) is 9.91. The molecular weight excluding hydrogens is 394 g/mol. The van der Waals surface area contributed by atoms with E-state index in [-0.39, 0.29) is 35.8 Å². The Morgan fingerprint density at radius 1 is 1.43 bits per heavy atom. The molecule has 0 aliphatic carbocycles. The van der Waals surface area contributed by atoms with Gasteiger partial charge in [0.1, 0.15) is 12.9 Å². The summed E-state index contributed by atoms with van der Waals surface area (Å²) in [4.78, 5) is 38.9. The number of nitrogens with one attached hydrogen (secondary N) is 2. The summed E-state index contributed by atoms with van der Waals surface area (Å²) >= 11 is -2.45. The third-order valence-corrected chi connectivity index (χ3v) is 3.99. The number of imidazole rings is 1. The van der Waals surface area contributed by atoms with Crippen LogP contribution in [0, 0.1) is 0 Å². The lowest BCUT2D eigenvalue weighted by atomic mass is 10.1. The zero-order valence-corrected chi connectivity index (χ0v) is 15.0. The maximum atomic E-state index is 12.6. The molecule has 146 valence electrons. The van der Waals surface area contributed by atoms with Crippen molar-refractivity contribution < 1.29 is 23.1 Å². The Morgan fingerprint density at radius 2 is 2.21 bits per heavy atom. The van der Waals surface area contributed by atoms with Crippen molar-refractivity contribution in [2.75, 3.05) is 10.0 Å². The normalized spacial score (nSPS) is 11.8. The minimum atomic E-state index is -2.45. The Hall–Kier alpha value is -3.65. The number of amides is 1. The van der Waals surface area contributed by atoms with Crippen LogP contribution in [0.2, 0.25) is 0 Å². The van der Waals surface area contributed by atoms with Crippen molar-refractivity contribution in [3.8, 4) is 0 Å². The lowest BCUT2D eigenvalue weighted by Crippen LogP contribution is -2.27. The number of ether oxygens (including phenoxy) is 1. The predicted molar refractivity (Wildman–Crippen MR) is 95.7 cm³/mol. The minimum Gasteiger partial charge on any atom is -0.463 e. The van der Waals surface area contributed by atoms with E-state index >= 15 is 0 Å². The van der Waals surface area contributed by atoms with E-state index in [0.717, 1.165) is 15.4 Å². The highest BCUT2D eigenvalue weighted by molar-refractivity contribution is 7.80. The molecule has 0 radical (unpaired) electrons. The SMILES string of the molecule is Cn1nnc2c(C(=O)Nc3cccc(COC=O)c3NS(=O)O)ncn2c1=O. The van der Waals surface area contributed by atoms with Crippen molar-refractivity contribution in [2.24, 2.45) is 7.05 Å². The fourth-order valence-electron chi connectivity index (χ4n) is 2.38. The van der Waals surface area contributed by atoms with Crippen LogP contribution < -0.4 is 15.7 Å². The van der Waals surface area contributed by atoms with Gasteiger partial charge in [-0.15, -0.1) is 5.10 Å². The van der Waals surface area contributed by atoms with E-state index in [1.165, 1.54) is 19.2 Å². The molecule has 1 unspecified atom stereocenters. The first-order chi connectivity index (χ1) is 13.4. The van der Waals surface area contributed by atoms with E-state index in [1.54, 1.807) is 6.07 Å². The molecule has 28 heavy (non-hydrogen) atoms. The van der Waals surface area contributed by atoms with Gasteiger partial charge in [0.05, 0.1) is 11.4 Å². The number of nitrogens with zero attached hydrogens (tertiary/aromatic N) is 5. The fraction of sp³-hybridized carbons (Fsp3) is 0.143. The molecule has 13 nitrogen and oxygen atoms in total. The first-order valence-electron chi connectivity index (χ1n) is 7.55. The Labute approximate surface area is 158 Å². The Bertz CT molecular complexity index is 1140. The van der Waals surface area contributed by atoms with Crippen LogP contribution in [0.4, 0.5) is 11.4 Å². The zero-order valence-electron chi connectivity index (χ0n) is 14.2. The van der Waals surface area contributed by atoms with Gasteiger partial charge in [0.2, 0.25) is 0 Å². The highest BCUT2D eigenvalue weighted by Gasteiger charge is 2.20. The molecule has 0 fully saturated rings. The Balaban J connectivity index is 1.98. The van der Waals surface area contributed by atoms with Gasteiger partial charge < -0.3 is 10.1 Å². The minimum absolute atomic E-state index is 0.0544. The Kier molecular flexibility index (Phi) is 5.42. The van der Waals surface area contributed by atoms with E-state index in [2.05, 4.69) is 30.1 Å². The van der Waals surface area contributed by atoms with Crippen LogP contribution >= 0.6 is 0 Å². The molecule has 14 heteroatoms. The maximum absolute atomic E-state index is 12.6. The van der Waals surface area contributed by atoms with Gasteiger partial charge in [-0.25, -0.2) is 18.4 Å². The number of benzene rings is 1. The first-order valence-corrected chi connectivity index (χ1v) is 8.66. The third-order valence-electron chi connectivity index (χ3n) is 3.61. The van der Waals surface area contributed by atoms with Gasteiger partial charge in [0.25, 0.3) is 23.6 Å². The topological polar surface area (TPSA) is 170 Å². The molecule has 0 aliphatic heterocycles. The number of rotatable bonds is 7. The van der Waals surface area contributed by atoms with Gasteiger partial charge in [0, 0.05) is 12.6 Å². The van der Waals surface area contributed by atoms with Gasteiger partial charge in [-0.05, 0) is 6.07 Å². The molecule has 0 spiro atoms. The lowest BCUT2D eigenvalue weighted by molar-refractivity contribution is -0.129. The van der Waals surface area contributed by atoms with Crippen LogP contribution in [0.15, 0.2) is 29.3 Å². The number of para-hydroxylation sites is 1. The number of aromatic nitrogens is 5. The summed E-state index contributed by atoms with van der Waals surface area (Å²) in [5.41, 5.74) is -0.225. The quantitative estimate of drug-likeness (QED) is 0.338. The number of aryl methyl sites for hydroxylation is 1. The molecule has 0 aliphatic rings. The molecule has 3 N–H and O–H groups in total. The molecule has 0 bridgehead atoms. The van der Waals surface area contributed by atoms with Gasteiger partial charge >= 0.3 is 5.69 Å². The van der Waals surface area contributed by atoms with E-state index in [0.29, 0.717) is 5.56 Å². The van der Waals surface area contributed by atoms with Crippen LogP contribution in [-0.4, -0.2) is 45.5 Å². The summed E-state index contributed by atoms with van der Waals surface area (Å²) < 4.78 is 29.3. The zero-order chi connectivity index (χ0) is 20.3. The van der Waals surface area contributed by atoms with E-state index in [1.807, 2.05) is 0 Å². The van der Waals surface area contributed by atoms with Crippen molar-refractivity contribution >= 4 is 40.7 Å². The molecule has 3 aromatic rings. The summed E-state index contributed by atoms with van der Waals surface area (Å²) in [5.74, 6) is -0.731. The number of carbonyl (C=O) groups is 2. The van der Waals surface area contributed by atoms with Crippen molar-refractivity contribution in [1.82, 2.24) is 24.4 Å². The number of fused-ring (bicyclic) bond motifs is 1. The second kappa shape index (κ2) is 7.93. The molecule has 1 aromatic carbocycles. The van der Waals surface area contributed by atoms with E-state index in [9.17, 15) is 18.6 Å². The predicted octanol–water partition coefficient (Wildman–Crippen LogP) is -0.703. The molecule has 1 amide bonds. The van der Waals surface area contributed by atoms with Crippen LogP contribution in [0.5, 0.6) is 0 Å². The maximum Gasteiger partial charge on any atom is 0.352 e. The molecule has 0 saturated heterocycles. The average molecular weight is 407 g/mol. The van der Waals surface area contributed by atoms with Crippen LogP contribution in [0.1, 0.15) is 16.1 Å². The number of carbonyl (C=O) groups excluding carboxylic acids is 2. The monoisotopic (exact) mass is 407 g/mol. The average Bonchev–Trinajstić information content (AvgIpc) is 3.09. The van der Waals surface area contributed by atoms with E-state index < -0.39 is 22.9 Å². The number of anilines is 2. The molecule has 1 atom stereocenters. The number of hydrogen-bond acceptors (Lipinski definition) is 8. The first kappa shape index (κ1) is 19.1. The summed E-state index contributed by atoms with van der Waals surface area (Å²) in [6.45, 7) is 0.0308. The molecular formula is C14H13N7O6S. The summed E-state index contributed by atoms with van der Waals surface area (Å²) in [7, 11) is 1.40. The molecule has 2 heterocycles. The van der Waals surface area contributed by atoms with Gasteiger partial charge in [-0.2, -0.15) is 4.68 Å². The van der Waals surface area contributed by atoms with Crippen molar-refractivity contribution in [2.45, 2.75) is 6.61 Å². The summed E-state index contributed by atoms with van der Waals surface area (Å²) in [6.07, 6.45) is 1.14. The lowest BCUT2D eigenvalue weighted by Gasteiger charge is -2.14. The highest BCUT2D eigenvalue weighted by Crippen LogP contribution is 2.28. The number of hydrogen-bond donors (Lipinski definition) is 3. The summed E-state index contributed by atoms with van der Waals surface area (Å²) in [6, 6.07) is 4.54. The smallest absolute Gasteiger partial charge is 0.352 e. The Morgan fingerprint density at radius 3 is 2.93 bits per heavy atom. The molecule has 0 saturated carbocycles. The van der Waals surface area contributed by atoms with Crippen molar-refractivity contribution in [3.63, 3.8) is 0 Å². The van der Waals surface area contributed by atoms with Crippen molar-refractivity contribution in [1.29, 1.82) is 0 Å². The fourth-order valence-corrected chi connectivity index (χ4v) is 2.79. The largest absolute Gasteiger partial charge is 0.463 e. The van der Waals surface area contributed by atoms with Gasteiger partial charge in [0.15, 0.2) is 11.3 Å².